The van der Waals surface area contributed by atoms with Gasteiger partial charge in [0.2, 0.25) is 0 Å². The van der Waals surface area contributed by atoms with Gasteiger partial charge in [0.25, 0.3) is 0 Å². The molecule has 0 unspecified atom stereocenters. The first kappa shape index (κ1) is 34.5. The summed E-state index contributed by atoms with van der Waals surface area (Å²) in [5, 5.41) is 22.3. The third-order valence-corrected chi connectivity index (χ3v) is 17.4. The van der Waals surface area contributed by atoms with Crippen molar-refractivity contribution in [1.29, 1.82) is 0 Å². The van der Waals surface area contributed by atoms with E-state index in [9.17, 15) is 29.4 Å². The lowest BCUT2D eigenvalue weighted by Crippen LogP contribution is -2.57. The molecule has 8 aliphatic carbocycles. The number of carbonyl (C=O) groups excluding carboxylic acids is 4. The Morgan fingerprint density at radius 2 is 0.896 bits per heavy atom. The van der Waals surface area contributed by atoms with E-state index >= 15 is 0 Å². The lowest BCUT2D eigenvalue weighted by molar-refractivity contribution is -0.160. The van der Waals surface area contributed by atoms with Gasteiger partial charge >= 0.3 is 0 Å². The van der Waals surface area contributed by atoms with E-state index in [1.807, 2.05) is 12.2 Å². The second-order valence-corrected chi connectivity index (χ2v) is 18.8. The van der Waals surface area contributed by atoms with Gasteiger partial charge in [-0.3, -0.25) is 19.2 Å². The van der Waals surface area contributed by atoms with Crippen LogP contribution < -0.4 is 0 Å². The van der Waals surface area contributed by atoms with Crippen LogP contribution >= 0.6 is 0 Å². The van der Waals surface area contributed by atoms with E-state index in [1.165, 1.54) is 11.1 Å². The van der Waals surface area contributed by atoms with Crippen molar-refractivity contribution < 1.29 is 29.4 Å². The Kier molecular flexibility index (Phi) is 8.12. The molecule has 0 bridgehead atoms. The van der Waals surface area contributed by atoms with E-state index in [0.717, 1.165) is 77.0 Å². The number of hydrogen-bond acceptors (Lipinski definition) is 6. The van der Waals surface area contributed by atoms with Crippen LogP contribution in [0, 0.1) is 57.2 Å². The fourth-order valence-corrected chi connectivity index (χ4v) is 14.3. The number of aliphatic hydroxyl groups is 2. The summed E-state index contributed by atoms with van der Waals surface area (Å²) < 4.78 is 0. The number of rotatable bonds is 2. The van der Waals surface area contributed by atoms with E-state index in [-0.39, 0.29) is 33.2 Å². The van der Waals surface area contributed by atoms with Gasteiger partial charge in [-0.05, 0) is 162 Å². The van der Waals surface area contributed by atoms with Crippen LogP contribution in [-0.4, -0.2) is 44.5 Å². The maximum atomic E-state index is 12.2. The van der Waals surface area contributed by atoms with Gasteiger partial charge in [0, 0.05) is 23.7 Å². The molecule has 48 heavy (non-hydrogen) atoms. The van der Waals surface area contributed by atoms with Crippen molar-refractivity contribution in [2.24, 2.45) is 57.2 Å². The number of Topliss-reactive ketones (excluding diaryl/α,β-unsaturated/α-hetero) is 2. The van der Waals surface area contributed by atoms with Crippen LogP contribution in [0.1, 0.15) is 144 Å². The van der Waals surface area contributed by atoms with Gasteiger partial charge in [0.15, 0.2) is 23.1 Å². The van der Waals surface area contributed by atoms with E-state index in [0.29, 0.717) is 72.8 Å². The monoisotopic (exact) mass is 660 g/mol. The summed E-state index contributed by atoms with van der Waals surface area (Å²) in [5.41, 5.74) is 0.311. The van der Waals surface area contributed by atoms with E-state index in [2.05, 4.69) is 27.7 Å². The second-order valence-electron chi connectivity index (χ2n) is 18.8. The number of hydrogen-bond donors (Lipinski definition) is 2. The van der Waals surface area contributed by atoms with Crippen molar-refractivity contribution >= 4 is 23.1 Å². The average molecular weight is 661 g/mol. The summed E-state index contributed by atoms with van der Waals surface area (Å²) in [6.45, 7) is 12.2. The Bertz CT molecular complexity index is 1380. The molecule has 0 spiro atoms. The van der Waals surface area contributed by atoms with Crippen molar-refractivity contribution in [1.82, 2.24) is 0 Å². The van der Waals surface area contributed by atoms with E-state index in [1.54, 1.807) is 13.8 Å². The molecule has 0 radical (unpaired) electrons. The standard InChI is InChI=1S/2C21H30O3/c2*1-13(22)21(24)11-8-18-16-5-4-14-12-15(23)6-9-19(14,2)17(16)7-10-20(18,21)3/h2*12,16-18,24H,4-11H2,1-3H3/t2*16-,17+,18+,19+,20+,21+/m11/s1. The molecule has 8 aliphatic rings. The predicted molar refractivity (Wildman–Crippen MR) is 185 cm³/mol. The molecule has 0 aromatic heterocycles. The normalized spacial score (nSPS) is 50.6. The molecule has 2 N–H and O–H groups in total. The SMILES string of the molecule is CC(=O)[C@@]1(O)CC[C@H]2[C@@H]3CCC4=CC(=O)CC[C@]4(C)[C@H]3CC[C@@]21C.CC(=O)[C@@]1(O)CC[C@H]2[C@@H]3CCC4=CC(=O)CC[C@]4(C)[C@H]3CC[C@@]21C. The Morgan fingerprint density at radius 1 is 0.542 bits per heavy atom. The van der Waals surface area contributed by atoms with Gasteiger partial charge in [0.1, 0.15) is 11.2 Å². The van der Waals surface area contributed by atoms with Crippen molar-refractivity contribution in [2.45, 2.75) is 155 Å². The van der Waals surface area contributed by atoms with Crippen molar-refractivity contribution in [2.75, 3.05) is 0 Å². The van der Waals surface area contributed by atoms with Gasteiger partial charge < -0.3 is 10.2 Å². The largest absolute Gasteiger partial charge is 0.382 e. The predicted octanol–water partition coefficient (Wildman–Crippen LogP) is 7.68. The van der Waals surface area contributed by atoms with Crippen LogP contribution in [0.25, 0.3) is 0 Å². The van der Waals surface area contributed by atoms with Crippen LogP contribution in [0.4, 0.5) is 0 Å². The molecular formula is C42H60O6. The fraction of sp³-hybridized carbons (Fsp3) is 0.810. The zero-order valence-electron chi connectivity index (χ0n) is 30.5. The van der Waals surface area contributed by atoms with Gasteiger partial charge in [-0.1, -0.05) is 38.8 Å². The Labute approximate surface area is 288 Å². The molecule has 6 saturated carbocycles. The molecule has 6 heteroatoms. The molecule has 0 amide bonds. The highest BCUT2D eigenvalue weighted by Crippen LogP contribution is 2.69. The molecule has 12 atom stereocenters. The lowest BCUT2D eigenvalue weighted by Gasteiger charge is -2.58. The molecule has 6 nitrogen and oxygen atoms in total. The zero-order valence-corrected chi connectivity index (χ0v) is 30.5. The Balaban J connectivity index is 0.000000152. The molecule has 0 heterocycles. The van der Waals surface area contributed by atoms with Crippen molar-refractivity contribution in [3.63, 3.8) is 0 Å². The van der Waals surface area contributed by atoms with E-state index < -0.39 is 11.2 Å². The molecule has 0 aromatic carbocycles. The topological polar surface area (TPSA) is 109 Å². The van der Waals surface area contributed by atoms with Crippen LogP contribution in [0.2, 0.25) is 0 Å². The Morgan fingerprint density at radius 3 is 1.25 bits per heavy atom. The minimum Gasteiger partial charge on any atom is -0.382 e. The van der Waals surface area contributed by atoms with Crippen LogP contribution in [0.5, 0.6) is 0 Å². The molecular weight excluding hydrogens is 600 g/mol. The van der Waals surface area contributed by atoms with Gasteiger partial charge in [-0.25, -0.2) is 0 Å². The first-order valence-corrected chi connectivity index (χ1v) is 19.4. The summed E-state index contributed by atoms with van der Waals surface area (Å²) in [4.78, 5) is 48.2. The molecule has 0 aliphatic heterocycles. The highest BCUT2D eigenvalue weighted by molar-refractivity contribution is 5.92. The van der Waals surface area contributed by atoms with Gasteiger partial charge in [-0.2, -0.15) is 0 Å². The lowest BCUT2D eigenvalue weighted by atomic mass is 9.46. The molecule has 0 saturated heterocycles. The van der Waals surface area contributed by atoms with Crippen molar-refractivity contribution in [3.8, 4) is 0 Å². The maximum Gasteiger partial charge on any atom is 0.161 e. The quantitative estimate of drug-likeness (QED) is 0.315. The highest BCUT2D eigenvalue weighted by atomic mass is 16.3. The molecule has 8 rings (SSSR count). The van der Waals surface area contributed by atoms with E-state index in [4.69, 9.17) is 0 Å². The van der Waals surface area contributed by atoms with Crippen LogP contribution in [-0.2, 0) is 19.2 Å². The Hall–Kier alpha value is -1.92. The smallest absolute Gasteiger partial charge is 0.161 e. The number of ketones is 4. The molecule has 264 valence electrons. The fourth-order valence-electron chi connectivity index (χ4n) is 14.3. The zero-order chi connectivity index (χ0) is 34.7. The first-order chi connectivity index (χ1) is 22.4. The summed E-state index contributed by atoms with van der Waals surface area (Å²) in [5.74, 6) is 3.80. The second kappa shape index (κ2) is 11.3. The minimum atomic E-state index is -1.12. The van der Waals surface area contributed by atoms with Crippen LogP contribution in [0.3, 0.4) is 0 Å². The summed E-state index contributed by atoms with van der Waals surface area (Å²) in [6, 6.07) is 0. The number of allylic oxidation sites excluding steroid dienone is 2. The van der Waals surface area contributed by atoms with Crippen molar-refractivity contribution in [3.05, 3.63) is 23.3 Å². The van der Waals surface area contributed by atoms with Gasteiger partial charge in [0.05, 0.1) is 0 Å². The number of fused-ring (bicyclic) bond motifs is 10. The highest BCUT2D eigenvalue weighted by Gasteiger charge is 2.67. The summed E-state index contributed by atoms with van der Waals surface area (Å²) in [7, 11) is 0. The molecule has 6 fully saturated rings. The maximum absolute atomic E-state index is 12.2. The summed E-state index contributed by atoms with van der Waals surface area (Å²) >= 11 is 0. The molecule has 0 aromatic rings. The number of carbonyl (C=O) groups is 4. The third kappa shape index (κ3) is 4.55. The van der Waals surface area contributed by atoms with Crippen LogP contribution in [0.15, 0.2) is 23.3 Å². The third-order valence-electron chi connectivity index (χ3n) is 17.4. The average Bonchev–Trinajstić information content (AvgIpc) is 3.49. The summed E-state index contributed by atoms with van der Waals surface area (Å²) in [6.07, 6.45) is 18.7. The first-order valence-electron chi connectivity index (χ1n) is 19.4. The minimum absolute atomic E-state index is 0.0446. The van der Waals surface area contributed by atoms with Gasteiger partial charge in [-0.15, -0.1) is 0 Å².